The number of hydrogen-bond acceptors (Lipinski definition) is 34. The van der Waals surface area contributed by atoms with Crippen LogP contribution in [-0.2, 0) is 80.7 Å². The number of fused-ring (bicyclic) bond motifs is 7. The first-order chi connectivity index (χ1) is 48.8. The molecule has 12 aliphatic rings. The predicted octanol–water partition coefficient (Wildman–Crippen LogP) is -5.32. The Morgan fingerprint density at radius 1 is 0.490 bits per heavy atom. The summed E-state index contributed by atoms with van der Waals surface area (Å²) in [4.78, 5) is 42.9. The predicted molar refractivity (Wildman–Crippen MR) is 341 cm³/mol. The number of rotatable bonds is 17. The van der Waals surface area contributed by atoms with Crippen molar-refractivity contribution in [3.8, 4) is 0 Å². The Hall–Kier alpha value is -2.85. The molecular formula is C69H108O35. The lowest BCUT2D eigenvalue weighted by molar-refractivity contribution is -0.391. The van der Waals surface area contributed by atoms with Gasteiger partial charge in [0, 0.05) is 0 Å². The molecule has 0 unspecified atom stereocenters. The van der Waals surface area contributed by atoms with Crippen LogP contribution in [0.4, 0.5) is 0 Å². The molecule has 7 aliphatic heterocycles. The Morgan fingerprint density at radius 2 is 1.03 bits per heavy atom. The van der Waals surface area contributed by atoms with Crippen molar-refractivity contribution < 1.29 is 173 Å². The van der Waals surface area contributed by atoms with Crippen LogP contribution < -0.4 is 0 Å². The molecule has 35 heteroatoms. The second-order valence-corrected chi connectivity index (χ2v) is 33.0. The number of carbonyl (C=O) groups is 3. The highest BCUT2D eigenvalue weighted by molar-refractivity contribution is 5.79. The lowest BCUT2D eigenvalue weighted by atomic mass is 9.33. The van der Waals surface area contributed by atoms with Crippen molar-refractivity contribution in [3.05, 3.63) is 11.6 Å². The Bertz CT molecular complexity index is 3040. The summed E-state index contributed by atoms with van der Waals surface area (Å²) in [5.74, 6) is -3.30. The SMILES string of the molecule is C[C@@H]1O[C@@H](O[C@H]2[C@H](OC(=O)[C@]34CCC(C)(C)C[C@H]3C3=CC[C@@H]5[C@@]6(C)CC[C@H](O[C@@H]7O[C@H](C(=O)O)[C@@H](O)[C@H](O[C@@H]8OC[C@@H](O)[C@H](O)[C@H]8O)[C@H]7O[C@@H]7O[C@H](CO)[C@H](O)[C@H](O)[C@H]7O)[C@@](C)(C=O)[C@@H]6CC[C@@]5(C)[C@]3(C)CC4)O[C@H](C)[C@H](O)[C@@H]2O)[C@H](O)[C@H](O)[C@H]1O[C@@H]1OC[C@@H](O)[C@H](O[C@@H]2OC[C@@H](O)[C@H](O)[C@H]2O)[C@H]1O. The highest BCUT2D eigenvalue weighted by Gasteiger charge is 2.72. The summed E-state index contributed by atoms with van der Waals surface area (Å²) < 4.78 is 83.7. The molecule has 0 radical (unpaired) electrons. The number of aldehydes is 1. The molecule has 41 atom stereocenters. The van der Waals surface area contributed by atoms with Gasteiger partial charge in [-0.1, -0.05) is 53.2 Å². The number of aliphatic hydroxyl groups is 17. The summed E-state index contributed by atoms with van der Waals surface area (Å²) in [7, 11) is 0. The molecule has 35 nitrogen and oxygen atoms in total. The zero-order chi connectivity index (χ0) is 75.7. The fourth-order valence-corrected chi connectivity index (χ4v) is 19.9. The zero-order valence-corrected chi connectivity index (χ0v) is 59.3. The zero-order valence-electron chi connectivity index (χ0n) is 59.3. The summed E-state index contributed by atoms with van der Waals surface area (Å²) >= 11 is 0. The smallest absolute Gasteiger partial charge is 0.335 e. The lowest BCUT2D eigenvalue weighted by Crippen LogP contribution is -2.68. The topological polar surface area (TPSA) is 545 Å². The number of carboxylic acids is 1. The van der Waals surface area contributed by atoms with Crippen molar-refractivity contribution in [2.24, 2.45) is 50.2 Å². The lowest BCUT2D eigenvalue weighted by Gasteiger charge is -2.71. The van der Waals surface area contributed by atoms with Gasteiger partial charge in [-0.25, -0.2) is 4.79 Å². The van der Waals surface area contributed by atoms with E-state index in [9.17, 15) is 102 Å². The maximum absolute atomic E-state index is 15.7. The van der Waals surface area contributed by atoms with Crippen molar-refractivity contribution >= 4 is 18.2 Å². The third-order valence-corrected chi connectivity index (χ3v) is 26.4. The largest absolute Gasteiger partial charge is 0.479 e. The van der Waals surface area contributed by atoms with Gasteiger partial charge in [0.25, 0.3) is 0 Å². The minimum absolute atomic E-state index is 0.102. The average molecular weight is 1500 g/mol. The molecular weight excluding hydrogens is 1390 g/mol. The first-order valence-electron chi connectivity index (χ1n) is 36.3. The molecule has 4 saturated carbocycles. The van der Waals surface area contributed by atoms with Crippen molar-refractivity contribution in [3.63, 3.8) is 0 Å². The third-order valence-electron chi connectivity index (χ3n) is 26.4. The maximum Gasteiger partial charge on any atom is 0.335 e. The number of hydrogen-bond donors (Lipinski definition) is 18. The van der Waals surface area contributed by atoms with E-state index in [1.165, 1.54) is 13.8 Å². The van der Waals surface area contributed by atoms with Crippen LogP contribution >= 0.6 is 0 Å². The fraction of sp³-hybridized carbons (Fsp3) is 0.928. The molecule has 7 saturated heterocycles. The standard InChI is InChI=1S/C69H108O35/c1-25-36(75)41(80)53(102-59-46(85)42(81)49(26(2)95-59)98-58-48(87)50(31(74)23-93-58)99-56-43(82)37(76)29(72)21-91-56)61(94-25)104-63(90)69-17-15-64(3,4)19-28(69)27-9-10-34-65(5)13-12-35(66(6,24-71)33(65)11-14-68(34,8)67(27,7)16-18-69)97-62-54(103-60-45(84)40(79)39(78)32(20-70)96-60)51(47(86)52(101-62)55(88)89)100-57-44(83)38(77)30(73)22-92-57/h9,24-26,28-54,56-62,70,72-87H,10-23H2,1-8H3,(H,88,89)/t25-,26+,28+,29-,30-,31-,32-,33-,34-,35+,36+,37+,38+,39+,40+,41+,42+,43-,44-,45-,46-,47+,48-,49+,50+,51+,52+,53-,54-,56+,57+,58+,59+,60+,61+,62-,65+,66+,67-,68-,69+/m1/s1. The monoisotopic (exact) mass is 1500 g/mol. The third kappa shape index (κ3) is 13.9. The Balaban J connectivity index is 0.768. The van der Waals surface area contributed by atoms with E-state index in [-0.39, 0.29) is 17.8 Å². The van der Waals surface area contributed by atoms with E-state index < -0.39 is 280 Å². The van der Waals surface area contributed by atoms with Gasteiger partial charge in [-0.3, -0.25) is 4.79 Å². The number of allylic oxidation sites excluding steroid dienone is 2. The van der Waals surface area contributed by atoms with Gasteiger partial charge in [-0.2, -0.15) is 0 Å². The second kappa shape index (κ2) is 30.3. The van der Waals surface area contributed by atoms with E-state index >= 15 is 4.79 Å². The summed E-state index contributed by atoms with van der Waals surface area (Å²) in [5, 5.41) is 196. The molecule has 0 aromatic carbocycles. The van der Waals surface area contributed by atoms with E-state index in [0.29, 0.717) is 57.8 Å². The molecule has 104 heavy (non-hydrogen) atoms. The number of aliphatic hydroxyl groups excluding tert-OH is 17. The maximum atomic E-state index is 15.7. The Kier molecular flexibility index (Phi) is 23.5. The van der Waals surface area contributed by atoms with E-state index in [0.717, 1.165) is 11.9 Å². The molecule has 0 amide bonds. The molecule has 5 aliphatic carbocycles. The number of aliphatic carboxylic acids is 1. The first kappa shape index (κ1) is 80.7. The van der Waals surface area contributed by atoms with Crippen LogP contribution in [0.5, 0.6) is 0 Å². The summed E-state index contributed by atoms with van der Waals surface area (Å²) in [6.45, 7) is 13.2. The summed E-state index contributed by atoms with van der Waals surface area (Å²) in [5.41, 5.74) is -3.41. The van der Waals surface area contributed by atoms with Gasteiger partial charge in [0.1, 0.15) is 134 Å². The van der Waals surface area contributed by atoms with Gasteiger partial charge in [0.2, 0.25) is 6.29 Å². The van der Waals surface area contributed by atoms with Gasteiger partial charge in [-0.05, 0) is 117 Å². The van der Waals surface area contributed by atoms with Crippen LogP contribution in [0.1, 0.15) is 120 Å². The quantitative estimate of drug-likeness (QED) is 0.0280. The van der Waals surface area contributed by atoms with Crippen LogP contribution in [0.15, 0.2) is 11.6 Å². The van der Waals surface area contributed by atoms with Crippen molar-refractivity contribution in [2.45, 2.75) is 322 Å². The number of carbonyl (C=O) groups excluding carboxylic acids is 2. The van der Waals surface area contributed by atoms with Gasteiger partial charge >= 0.3 is 11.9 Å². The average Bonchev–Trinajstić information content (AvgIpc) is 0.674. The van der Waals surface area contributed by atoms with Gasteiger partial charge in [0.15, 0.2) is 49.9 Å². The molecule has 18 N–H and O–H groups in total. The van der Waals surface area contributed by atoms with Crippen LogP contribution in [0, 0.1) is 50.2 Å². The van der Waals surface area contributed by atoms with Crippen LogP contribution in [0.2, 0.25) is 0 Å². The molecule has 0 bridgehead atoms. The molecule has 11 fully saturated rings. The van der Waals surface area contributed by atoms with E-state index in [4.69, 9.17) is 66.3 Å². The van der Waals surface area contributed by atoms with Crippen molar-refractivity contribution in [2.75, 3.05) is 26.4 Å². The number of carboxylic acid groups (broad SMARTS) is 1. The number of esters is 1. The van der Waals surface area contributed by atoms with Crippen LogP contribution in [-0.4, -0.2) is 339 Å². The molecule has 0 aromatic rings. The highest BCUT2D eigenvalue weighted by atomic mass is 16.8. The van der Waals surface area contributed by atoms with Gasteiger partial charge < -0.3 is 163 Å². The van der Waals surface area contributed by atoms with E-state index in [1.54, 1.807) is 6.92 Å². The Morgan fingerprint density at radius 3 is 1.65 bits per heavy atom. The minimum atomic E-state index is -2.20. The van der Waals surface area contributed by atoms with E-state index in [2.05, 4.69) is 40.7 Å². The van der Waals surface area contributed by atoms with Crippen molar-refractivity contribution in [1.29, 1.82) is 0 Å². The fourth-order valence-electron chi connectivity index (χ4n) is 19.9. The summed E-state index contributed by atoms with van der Waals surface area (Å²) in [6, 6.07) is 0. The van der Waals surface area contributed by atoms with E-state index in [1.807, 2.05) is 0 Å². The molecule has 12 rings (SSSR count). The highest BCUT2D eigenvalue weighted by Crippen LogP contribution is 2.76. The van der Waals surface area contributed by atoms with Gasteiger partial charge in [-0.15, -0.1) is 0 Å². The van der Waals surface area contributed by atoms with Crippen LogP contribution in [0.25, 0.3) is 0 Å². The number of ether oxygens (including phenoxy) is 14. The van der Waals surface area contributed by atoms with Crippen molar-refractivity contribution in [1.82, 2.24) is 0 Å². The summed E-state index contributed by atoms with van der Waals surface area (Å²) in [6.07, 6.45) is -49.8. The minimum Gasteiger partial charge on any atom is -0.479 e. The first-order valence-corrected chi connectivity index (χ1v) is 36.3. The normalized spacial score (nSPS) is 54.8. The molecule has 7 heterocycles. The molecule has 0 aromatic heterocycles. The Labute approximate surface area is 599 Å². The molecule has 594 valence electrons. The molecule has 0 spiro atoms. The van der Waals surface area contributed by atoms with Crippen LogP contribution in [0.3, 0.4) is 0 Å². The second-order valence-electron chi connectivity index (χ2n) is 33.0. The van der Waals surface area contributed by atoms with Gasteiger partial charge in [0.05, 0.1) is 55.6 Å².